The van der Waals surface area contributed by atoms with E-state index < -0.39 is 10.8 Å². The van der Waals surface area contributed by atoms with E-state index in [9.17, 15) is 9.00 Å². The summed E-state index contributed by atoms with van der Waals surface area (Å²) in [4.78, 5) is 11.8. The van der Waals surface area contributed by atoms with Gasteiger partial charge in [0.1, 0.15) is 5.75 Å². The molecule has 1 unspecified atom stereocenters. The van der Waals surface area contributed by atoms with Gasteiger partial charge in [-0.15, -0.1) is 0 Å². The second-order valence-electron chi connectivity index (χ2n) is 5.19. The van der Waals surface area contributed by atoms with Crippen molar-refractivity contribution in [1.29, 1.82) is 0 Å². The summed E-state index contributed by atoms with van der Waals surface area (Å²) in [6.45, 7) is 0. The Kier molecular flexibility index (Phi) is 5.43. The molecule has 3 N–H and O–H groups in total. The Morgan fingerprint density at radius 2 is 2.10 bits per heavy atom. The Morgan fingerprint density at radius 3 is 2.75 bits per heavy atom. The van der Waals surface area contributed by atoms with Crippen LogP contribution < -0.4 is 11.1 Å². The average molecular weight is 315 g/mol. The average Bonchev–Trinajstić information content (AvgIpc) is 2.86. The van der Waals surface area contributed by atoms with Crippen LogP contribution in [0.5, 0.6) is 0 Å². The Labute approximate surface area is 126 Å². The van der Waals surface area contributed by atoms with E-state index in [1.807, 2.05) is 0 Å². The zero-order chi connectivity index (χ0) is 14.5. The largest absolute Gasteiger partial charge is 0.397 e. The van der Waals surface area contributed by atoms with Gasteiger partial charge < -0.3 is 11.1 Å². The monoisotopic (exact) mass is 314 g/mol. The summed E-state index contributed by atoms with van der Waals surface area (Å²) in [7, 11) is -1.09. The molecule has 1 aliphatic carbocycles. The summed E-state index contributed by atoms with van der Waals surface area (Å²) in [5.74, 6) is 0.952. The number of nitrogens with one attached hydrogen (secondary N) is 1. The van der Waals surface area contributed by atoms with Crippen LogP contribution in [0.3, 0.4) is 0 Å². The molecule has 0 spiro atoms. The van der Waals surface area contributed by atoms with Crippen LogP contribution in [0.2, 0.25) is 5.02 Å². The van der Waals surface area contributed by atoms with Crippen molar-refractivity contribution in [3.05, 3.63) is 23.2 Å². The third-order valence-corrected chi connectivity index (χ3v) is 5.24. The maximum Gasteiger partial charge on any atom is 0.236 e. The zero-order valence-electron chi connectivity index (χ0n) is 11.2. The van der Waals surface area contributed by atoms with Crippen molar-refractivity contribution in [3.8, 4) is 0 Å². The molecule has 0 radical (unpaired) electrons. The molecule has 0 aromatic heterocycles. The standard InChI is InChI=1S/C14H19ClN2O2S/c15-12-6-5-11(7-13(12)16)17-14(18)9-20(19)8-10-3-1-2-4-10/h5-7,10H,1-4,8-9,16H2,(H,17,18). The molecule has 20 heavy (non-hydrogen) atoms. The molecule has 1 fully saturated rings. The van der Waals surface area contributed by atoms with Crippen molar-refractivity contribution < 1.29 is 9.00 Å². The Bertz CT molecular complexity index is 516. The number of rotatable bonds is 5. The first-order valence-corrected chi connectivity index (χ1v) is 8.61. The van der Waals surface area contributed by atoms with Gasteiger partial charge in [0, 0.05) is 22.2 Å². The molecule has 1 saturated carbocycles. The lowest BCUT2D eigenvalue weighted by atomic mass is 10.1. The summed E-state index contributed by atoms with van der Waals surface area (Å²) < 4.78 is 11.9. The van der Waals surface area contributed by atoms with E-state index in [1.54, 1.807) is 18.2 Å². The highest BCUT2D eigenvalue weighted by Crippen LogP contribution is 2.25. The number of nitrogens with two attached hydrogens (primary N) is 1. The first-order chi connectivity index (χ1) is 9.54. The van der Waals surface area contributed by atoms with Crippen molar-refractivity contribution in [2.24, 2.45) is 5.92 Å². The molecule has 1 aromatic carbocycles. The quantitative estimate of drug-likeness (QED) is 0.821. The molecule has 1 aliphatic rings. The van der Waals surface area contributed by atoms with E-state index in [2.05, 4.69) is 5.32 Å². The van der Waals surface area contributed by atoms with Crippen LogP contribution in [0.25, 0.3) is 0 Å². The van der Waals surface area contributed by atoms with Gasteiger partial charge in [-0.05, 0) is 37.0 Å². The van der Waals surface area contributed by atoms with Crippen LogP contribution in [0.15, 0.2) is 18.2 Å². The zero-order valence-corrected chi connectivity index (χ0v) is 12.8. The SMILES string of the molecule is Nc1cc(NC(=O)CS(=O)CC2CCCC2)ccc1Cl. The van der Waals surface area contributed by atoms with Gasteiger partial charge in [0.05, 0.1) is 10.7 Å². The number of nitrogen functional groups attached to an aromatic ring is 1. The van der Waals surface area contributed by atoms with Crippen LogP contribution in [0.1, 0.15) is 25.7 Å². The highest BCUT2D eigenvalue weighted by Gasteiger charge is 2.19. The van der Waals surface area contributed by atoms with Gasteiger partial charge in [-0.3, -0.25) is 9.00 Å². The molecule has 1 atom stereocenters. The van der Waals surface area contributed by atoms with Crippen LogP contribution in [-0.4, -0.2) is 21.6 Å². The van der Waals surface area contributed by atoms with E-state index in [0.717, 1.165) is 12.8 Å². The maximum absolute atomic E-state index is 11.9. The molecular weight excluding hydrogens is 296 g/mol. The fraction of sp³-hybridized carbons (Fsp3) is 0.500. The van der Waals surface area contributed by atoms with Crippen LogP contribution in [0, 0.1) is 5.92 Å². The maximum atomic E-state index is 11.9. The summed E-state index contributed by atoms with van der Waals surface area (Å²) in [5, 5.41) is 3.15. The highest BCUT2D eigenvalue weighted by molar-refractivity contribution is 7.85. The molecule has 0 saturated heterocycles. The van der Waals surface area contributed by atoms with Crippen LogP contribution in [0.4, 0.5) is 11.4 Å². The molecule has 0 bridgehead atoms. The van der Waals surface area contributed by atoms with E-state index in [4.69, 9.17) is 17.3 Å². The number of benzene rings is 1. The van der Waals surface area contributed by atoms with E-state index in [-0.39, 0.29) is 11.7 Å². The predicted octanol–water partition coefficient (Wildman–Crippen LogP) is 2.80. The molecule has 0 heterocycles. The molecule has 1 aromatic rings. The van der Waals surface area contributed by atoms with Crippen molar-refractivity contribution in [2.75, 3.05) is 22.6 Å². The van der Waals surface area contributed by atoms with Gasteiger partial charge in [0.2, 0.25) is 5.91 Å². The number of carbonyl (C=O) groups excluding carboxylic acids is 1. The normalized spacial score (nSPS) is 17.1. The fourth-order valence-corrected chi connectivity index (χ4v) is 3.92. The second kappa shape index (κ2) is 7.09. The van der Waals surface area contributed by atoms with Gasteiger partial charge in [-0.2, -0.15) is 0 Å². The van der Waals surface area contributed by atoms with Crippen molar-refractivity contribution in [1.82, 2.24) is 0 Å². The highest BCUT2D eigenvalue weighted by atomic mass is 35.5. The minimum Gasteiger partial charge on any atom is -0.397 e. The Hall–Kier alpha value is -1.07. The first kappa shape index (κ1) is 15.3. The second-order valence-corrected chi connectivity index (χ2v) is 7.09. The van der Waals surface area contributed by atoms with Gasteiger partial charge in [0.15, 0.2) is 0 Å². The fourth-order valence-electron chi connectivity index (χ4n) is 2.46. The molecule has 110 valence electrons. The Balaban J connectivity index is 1.82. The lowest BCUT2D eigenvalue weighted by molar-refractivity contribution is -0.113. The molecule has 2 rings (SSSR count). The van der Waals surface area contributed by atoms with Crippen molar-refractivity contribution in [3.63, 3.8) is 0 Å². The van der Waals surface area contributed by atoms with Gasteiger partial charge in [-0.25, -0.2) is 0 Å². The smallest absolute Gasteiger partial charge is 0.236 e. The number of anilines is 2. The topological polar surface area (TPSA) is 72.2 Å². The van der Waals surface area contributed by atoms with Crippen LogP contribution in [-0.2, 0) is 15.6 Å². The van der Waals surface area contributed by atoms with E-state index >= 15 is 0 Å². The third kappa shape index (κ3) is 4.49. The first-order valence-electron chi connectivity index (χ1n) is 6.74. The van der Waals surface area contributed by atoms with E-state index in [1.165, 1.54) is 12.8 Å². The molecular formula is C14H19ClN2O2S. The predicted molar refractivity (Wildman–Crippen MR) is 84.3 cm³/mol. The molecule has 6 heteroatoms. The van der Waals surface area contributed by atoms with Crippen LogP contribution >= 0.6 is 11.6 Å². The minimum atomic E-state index is -1.09. The van der Waals surface area contributed by atoms with E-state index in [0.29, 0.717) is 28.1 Å². The summed E-state index contributed by atoms with van der Waals surface area (Å²) in [6, 6.07) is 4.90. The number of amides is 1. The number of halogens is 1. The molecule has 1 amide bonds. The van der Waals surface area contributed by atoms with Gasteiger partial charge in [0.25, 0.3) is 0 Å². The van der Waals surface area contributed by atoms with Crippen molar-refractivity contribution >= 4 is 39.7 Å². The number of hydrogen-bond acceptors (Lipinski definition) is 3. The summed E-state index contributed by atoms with van der Waals surface area (Å²) in [5.41, 5.74) is 6.66. The number of hydrogen-bond donors (Lipinski definition) is 2. The minimum absolute atomic E-state index is 0.0407. The van der Waals surface area contributed by atoms with Gasteiger partial charge in [-0.1, -0.05) is 24.4 Å². The summed E-state index contributed by atoms with van der Waals surface area (Å²) >= 11 is 5.81. The van der Waals surface area contributed by atoms with Gasteiger partial charge >= 0.3 is 0 Å². The summed E-state index contributed by atoms with van der Waals surface area (Å²) in [6.07, 6.45) is 4.72. The third-order valence-electron chi connectivity index (χ3n) is 3.47. The van der Waals surface area contributed by atoms with Crippen molar-refractivity contribution in [2.45, 2.75) is 25.7 Å². The molecule has 0 aliphatic heterocycles. The lowest BCUT2D eigenvalue weighted by Crippen LogP contribution is -2.22. The lowest BCUT2D eigenvalue weighted by Gasteiger charge is -2.09. The number of carbonyl (C=O) groups is 1. The Morgan fingerprint density at radius 1 is 1.40 bits per heavy atom. The molecule has 4 nitrogen and oxygen atoms in total.